The van der Waals surface area contributed by atoms with Crippen LogP contribution in [0.1, 0.15) is 31.9 Å². The zero-order valence-electron chi connectivity index (χ0n) is 16.8. The van der Waals surface area contributed by atoms with E-state index in [2.05, 4.69) is 70.5 Å². The highest BCUT2D eigenvalue weighted by Gasteiger charge is 2.16. The number of aliphatic imine (C=N–C) groups is 1. The van der Waals surface area contributed by atoms with E-state index in [0.29, 0.717) is 5.92 Å². The van der Waals surface area contributed by atoms with Crippen LogP contribution in [0.15, 0.2) is 29.3 Å². The van der Waals surface area contributed by atoms with Crippen molar-refractivity contribution < 1.29 is 0 Å². The van der Waals surface area contributed by atoms with Crippen LogP contribution in [-0.4, -0.2) is 62.1 Å². The maximum Gasteiger partial charge on any atom is 0.191 e. The Kier molecular flexibility index (Phi) is 11.2. The van der Waals surface area contributed by atoms with Crippen molar-refractivity contribution in [2.45, 2.75) is 33.9 Å². The summed E-state index contributed by atoms with van der Waals surface area (Å²) in [7, 11) is 1.83. The van der Waals surface area contributed by atoms with Crippen molar-refractivity contribution in [3.05, 3.63) is 35.4 Å². The maximum absolute atomic E-state index is 4.32. The molecule has 1 aliphatic heterocycles. The largest absolute Gasteiger partial charge is 0.356 e. The molecule has 0 amide bonds. The second kappa shape index (κ2) is 12.5. The molecule has 1 saturated heterocycles. The molecule has 6 heteroatoms. The van der Waals surface area contributed by atoms with Gasteiger partial charge < -0.3 is 15.5 Å². The Morgan fingerprint density at radius 2 is 1.65 bits per heavy atom. The molecule has 0 bridgehead atoms. The van der Waals surface area contributed by atoms with Crippen molar-refractivity contribution in [2.75, 3.05) is 46.3 Å². The summed E-state index contributed by atoms with van der Waals surface area (Å²) in [5.41, 5.74) is 2.77. The molecule has 5 nitrogen and oxygen atoms in total. The monoisotopic (exact) mass is 473 g/mol. The Morgan fingerprint density at radius 3 is 2.23 bits per heavy atom. The maximum atomic E-state index is 4.32. The quantitative estimate of drug-likeness (QED) is 0.363. The van der Waals surface area contributed by atoms with Gasteiger partial charge in [0.25, 0.3) is 0 Å². The summed E-state index contributed by atoms with van der Waals surface area (Å²) < 4.78 is 0. The Balaban J connectivity index is 0.00000338. The van der Waals surface area contributed by atoms with Crippen molar-refractivity contribution in [3.8, 4) is 0 Å². The highest BCUT2D eigenvalue weighted by Crippen LogP contribution is 2.13. The molecular weight excluding hydrogens is 437 g/mol. The number of rotatable bonds is 7. The first-order valence-corrected chi connectivity index (χ1v) is 9.58. The van der Waals surface area contributed by atoms with Gasteiger partial charge in [0.2, 0.25) is 0 Å². The predicted octanol–water partition coefficient (Wildman–Crippen LogP) is 2.76. The van der Waals surface area contributed by atoms with E-state index in [9.17, 15) is 0 Å². The van der Waals surface area contributed by atoms with Gasteiger partial charge >= 0.3 is 0 Å². The highest BCUT2D eigenvalue weighted by atomic mass is 127. The molecule has 1 aliphatic rings. The van der Waals surface area contributed by atoms with E-state index < -0.39 is 0 Å². The Hall–Kier alpha value is -0.860. The van der Waals surface area contributed by atoms with Crippen LogP contribution in [0.2, 0.25) is 0 Å². The summed E-state index contributed by atoms with van der Waals surface area (Å²) in [6.45, 7) is 15.3. The number of nitrogens with one attached hydrogen (secondary N) is 2. The van der Waals surface area contributed by atoms with Gasteiger partial charge in [-0.15, -0.1) is 24.0 Å². The molecule has 1 aromatic carbocycles. The van der Waals surface area contributed by atoms with E-state index in [1.165, 1.54) is 24.2 Å². The van der Waals surface area contributed by atoms with Crippen LogP contribution < -0.4 is 10.6 Å². The lowest BCUT2D eigenvalue weighted by Gasteiger charge is -2.34. The lowest BCUT2D eigenvalue weighted by Crippen LogP contribution is -2.45. The van der Waals surface area contributed by atoms with Crippen molar-refractivity contribution >= 4 is 29.9 Å². The highest BCUT2D eigenvalue weighted by molar-refractivity contribution is 14.0. The smallest absolute Gasteiger partial charge is 0.191 e. The fourth-order valence-electron chi connectivity index (χ4n) is 3.09. The molecule has 2 N–H and O–H groups in total. The van der Waals surface area contributed by atoms with Crippen molar-refractivity contribution in [2.24, 2.45) is 10.9 Å². The fourth-order valence-corrected chi connectivity index (χ4v) is 3.09. The minimum Gasteiger partial charge on any atom is -0.356 e. The average molecular weight is 473 g/mol. The van der Waals surface area contributed by atoms with Gasteiger partial charge in [-0.2, -0.15) is 0 Å². The summed E-state index contributed by atoms with van der Waals surface area (Å²) in [6.07, 6.45) is 0. The average Bonchev–Trinajstić information content (AvgIpc) is 2.63. The van der Waals surface area contributed by atoms with Crippen LogP contribution in [0, 0.1) is 5.92 Å². The third-order valence-corrected chi connectivity index (χ3v) is 4.77. The third-order valence-electron chi connectivity index (χ3n) is 4.77. The molecule has 1 fully saturated rings. The van der Waals surface area contributed by atoms with Gasteiger partial charge in [0, 0.05) is 52.9 Å². The standard InChI is InChI=1S/C20H35N5.HI/c1-5-24-10-12-25(13-11-24)16-19-9-7-6-8-18(19)15-23-20(21-4)22-14-17(2)3;/h6-9,17H,5,10-16H2,1-4H3,(H2,21,22,23);1H. The first-order chi connectivity index (χ1) is 12.1. The molecule has 148 valence electrons. The molecule has 0 spiro atoms. The number of guanidine groups is 1. The lowest BCUT2D eigenvalue weighted by atomic mass is 10.1. The number of halogens is 1. The normalized spacial score (nSPS) is 16.4. The number of hydrogen-bond acceptors (Lipinski definition) is 3. The molecule has 26 heavy (non-hydrogen) atoms. The van der Waals surface area contributed by atoms with Gasteiger partial charge in [0.05, 0.1) is 0 Å². The minimum atomic E-state index is 0. The van der Waals surface area contributed by atoms with Gasteiger partial charge in [0.15, 0.2) is 5.96 Å². The first kappa shape index (κ1) is 23.2. The minimum absolute atomic E-state index is 0. The third kappa shape index (κ3) is 7.80. The number of benzene rings is 1. The summed E-state index contributed by atoms with van der Waals surface area (Å²) in [5, 5.41) is 6.82. The van der Waals surface area contributed by atoms with Crippen LogP contribution in [0.25, 0.3) is 0 Å². The van der Waals surface area contributed by atoms with E-state index in [4.69, 9.17) is 0 Å². The molecule has 1 aromatic rings. The van der Waals surface area contributed by atoms with Gasteiger partial charge in [-0.3, -0.25) is 9.89 Å². The summed E-state index contributed by atoms with van der Waals surface area (Å²) in [6, 6.07) is 8.75. The van der Waals surface area contributed by atoms with Crippen molar-refractivity contribution in [1.29, 1.82) is 0 Å². The van der Waals surface area contributed by atoms with E-state index >= 15 is 0 Å². The number of likely N-dealkylation sites (N-methyl/N-ethyl adjacent to an activating group) is 1. The zero-order chi connectivity index (χ0) is 18.1. The summed E-state index contributed by atoms with van der Waals surface area (Å²) in [5.74, 6) is 1.48. The molecule has 0 atom stereocenters. The van der Waals surface area contributed by atoms with Crippen LogP contribution in [0.3, 0.4) is 0 Å². The second-order valence-corrected chi connectivity index (χ2v) is 7.18. The van der Waals surface area contributed by atoms with E-state index in [0.717, 1.165) is 45.2 Å². The number of piperazine rings is 1. The summed E-state index contributed by atoms with van der Waals surface area (Å²) >= 11 is 0. The van der Waals surface area contributed by atoms with Crippen molar-refractivity contribution in [3.63, 3.8) is 0 Å². The van der Waals surface area contributed by atoms with Crippen LogP contribution in [0.5, 0.6) is 0 Å². The predicted molar refractivity (Wildman–Crippen MR) is 122 cm³/mol. The van der Waals surface area contributed by atoms with E-state index in [-0.39, 0.29) is 24.0 Å². The molecule has 0 aliphatic carbocycles. The number of hydrogen-bond donors (Lipinski definition) is 2. The Bertz CT molecular complexity index is 539. The Morgan fingerprint density at radius 1 is 1.04 bits per heavy atom. The van der Waals surface area contributed by atoms with Gasteiger partial charge in [0.1, 0.15) is 0 Å². The van der Waals surface area contributed by atoms with Crippen molar-refractivity contribution in [1.82, 2.24) is 20.4 Å². The van der Waals surface area contributed by atoms with Crippen LogP contribution in [-0.2, 0) is 13.1 Å². The SMILES string of the molecule is CCN1CCN(Cc2ccccc2CNC(=NC)NCC(C)C)CC1.I. The molecule has 0 saturated carbocycles. The van der Waals surface area contributed by atoms with Crippen LogP contribution in [0.4, 0.5) is 0 Å². The zero-order valence-corrected chi connectivity index (χ0v) is 19.1. The molecule has 0 aromatic heterocycles. The van der Waals surface area contributed by atoms with Gasteiger partial charge in [-0.1, -0.05) is 45.0 Å². The fraction of sp³-hybridized carbons (Fsp3) is 0.650. The number of nitrogens with zero attached hydrogens (tertiary/aromatic N) is 3. The Labute approximate surface area is 176 Å². The summed E-state index contributed by atoms with van der Waals surface area (Å²) in [4.78, 5) is 9.41. The second-order valence-electron chi connectivity index (χ2n) is 7.18. The topological polar surface area (TPSA) is 42.9 Å². The molecule has 1 heterocycles. The molecule has 0 radical (unpaired) electrons. The molecular formula is C20H36IN5. The van der Waals surface area contributed by atoms with Gasteiger partial charge in [-0.05, 0) is 23.6 Å². The molecule has 2 rings (SSSR count). The van der Waals surface area contributed by atoms with Crippen LogP contribution >= 0.6 is 24.0 Å². The molecule has 0 unspecified atom stereocenters. The van der Waals surface area contributed by atoms with E-state index in [1.54, 1.807) is 0 Å². The van der Waals surface area contributed by atoms with E-state index in [1.807, 2.05) is 7.05 Å². The lowest BCUT2D eigenvalue weighted by molar-refractivity contribution is 0.131. The van der Waals surface area contributed by atoms with Gasteiger partial charge in [-0.25, -0.2) is 0 Å². The first-order valence-electron chi connectivity index (χ1n) is 9.58.